The van der Waals surface area contributed by atoms with E-state index in [4.69, 9.17) is 10.2 Å². The third-order valence-electron chi connectivity index (χ3n) is 0. The molecule has 0 rings (SSSR count). The fourth-order valence-electron chi connectivity index (χ4n) is 0. The van der Waals surface area contributed by atoms with Gasteiger partial charge in [-0.05, 0) is 0 Å². The van der Waals surface area contributed by atoms with Gasteiger partial charge in [0.25, 0.3) is 0 Å². The molecule has 0 heterocycles. The summed E-state index contributed by atoms with van der Waals surface area (Å²) >= 11 is 0. The van der Waals surface area contributed by atoms with E-state index in [1.165, 1.54) is 0 Å². The summed E-state index contributed by atoms with van der Waals surface area (Å²) in [5, 5.41) is 14.0. The summed E-state index contributed by atoms with van der Waals surface area (Å²) in [5.74, 6) is 0. The molecule has 4 nitrogen and oxygen atoms in total. The van der Waals surface area contributed by atoms with Crippen LogP contribution in [0.3, 0.4) is 0 Å². The van der Waals surface area contributed by atoms with E-state index in [0.717, 1.165) is 14.2 Å². The molecular weight excluding hydrogens is 1020 g/mol. The number of rotatable bonds is 0. The molecule has 22 heavy (non-hydrogen) atoms. The Morgan fingerprint density at radius 3 is 0.409 bits per heavy atom. The Morgan fingerprint density at radius 1 is 0.409 bits per heavy atom. The fourth-order valence-corrected chi connectivity index (χ4v) is 0. The van der Waals surface area contributed by atoms with Crippen molar-refractivity contribution in [3.63, 3.8) is 0 Å². The van der Waals surface area contributed by atoms with Gasteiger partial charge < -0.3 is 35.0 Å². The quantitative estimate of drug-likeness (QED) is 0.219. The summed E-state index contributed by atoms with van der Waals surface area (Å²) in [4.78, 5) is 0. The average molecular weight is 1070 g/mol. The molecular formula is C10H46Hf4O4P4-2. The van der Waals surface area contributed by atoms with Crippen LogP contribution in [0.15, 0.2) is 0 Å². The maximum Gasteiger partial charge on any atom is 0.0319 e. The molecule has 12 heteroatoms. The maximum atomic E-state index is 7.00. The first kappa shape index (κ1) is 150. The van der Waals surface area contributed by atoms with Gasteiger partial charge in [0, 0.05) is 118 Å². The van der Waals surface area contributed by atoms with Crippen molar-refractivity contribution >= 4 is 39.6 Å². The topological polar surface area (TPSA) is 103 Å². The first-order valence-electron chi connectivity index (χ1n) is 4.31. The van der Waals surface area contributed by atoms with Crippen LogP contribution in [-0.4, -0.2) is 35.4 Å². The molecule has 0 amide bonds. The summed E-state index contributed by atoms with van der Waals surface area (Å²) in [5.41, 5.74) is 0. The molecule has 0 aliphatic rings. The molecule has 0 saturated carbocycles. The third kappa shape index (κ3) is 570. The zero-order valence-corrected chi connectivity index (χ0v) is 36.2. The SMILES string of the molecule is CC.CC.CO.CO.O.O.P.P.P.P.[CH2-]C.[CH2-]C.[Hf].[Hf].[Hf].[Hf]. The van der Waals surface area contributed by atoms with Gasteiger partial charge in [-0.1, -0.05) is 27.7 Å². The fraction of sp³-hybridized carbons (Fsp3) is 0.800. The predicted octanol–water partition coefficient (Wildman–Crippen LogP) is 1.52. The maximum absolute atomic E-state index is 7.00. The van der Waals surface area contributed by atoms with Gasteiger partial charge in [0.15, 0.2) is 0 Å². The van der Waals surface area contributed by atoms with Crippen molar-refractivity contribution in [2.75, 3.05) is 14.2 Å². The molecule has 0 aromatic carbocycles. The molecule has 0 aliphatic carbocycles. The van der Waals surface area contributed by atoms with Crippen LogP contribution < -0.4 is 0 Å². The molecule has 4 atom stereocenters. The normalized spacial score (nSPS) is 1.64. The second-order valence-electron chi connectivity index (χ2n) is 0. The molecule has 0 saturated heterocycles. The first-order valence-corrected chi connectivity index (χ1v) is 4.31. The Bertz CT molecular complexity index is 40.9. The predicted molar refractivity (Wildman–Crippen MR) is 113 cm³/mol. The van der Waals surface area contributed by atoms with Gasteiger partial charge in [0.2, 0.25) is 0 Å². The van der Waals surface area contributed by atoms with E-state index in [2.05, 4.69) is 13.8 Å². The molecule has 0 aromatic heterocycles. The van der Waals surface area contributed by atoms with Crippen LogP contribution in [0.25, 0.3) is 0 Å². The Kier molecular flexibility index (Phi) is 4390. The van der Waals surface area contributed by atoms with E-state index in [1.807, 2.05) is 27.7 Å². The molecule has 0 fully saturated rings. The molecule has 0 aliphatic heterocycles. The van der Waals surface area contributed by atoms with E-state index in [-0.39, 0.29) is 154 Å². The van der Waals surface area contributed by atoms with Crippen LogP contribution in [0, 0.1) is 13.8 Å². The summed E-state index contributed by atoms with van der Waals surface area (Å²) < 4.78 is 0. The third-order valence-corrected chi connectivity index (χ3v) is 0. The van der Waals surface area contributed by atoms with Crippen molar-refractivity contribution in [3.8, 4) is 0 Å². The van der Waals surface area contributed by atoms with Gasteiger partial charge in [-0.3, -0.25) is 0 Å². The monoisotopic (exact) mass is 1070 g/mol. The van der Waals surface area contributed by atoms with Crippen LogP contribution in [0.1, 0.15) is 41.5 Å². The molecule has 0 aromatic rings. The van der Waals surface area contributed by atoms with Gasteiger partial charge in [-0.25, -0.2) is 0 Å². The van der Waals surface area contributed by atoms with Crippen molar-refractivity contribution in [2.24, 2.45) is 0 Å². The Morgan fingerprint density at radius 2 is 0.409 bits per heavy atom. The van der Waals surface area contributed by atoms with Crippen molar-refractivity contribution in [1.29, 1.82) is 0 Å². The van der Waals surface area contributed by atoms with E-state index >= 15 is 0 Å². The minimum atomic E-state index is 0. The van der Waals surface area contributed by atoms with E-state index in [0.29, 0.717) is 0 Å². The molecule has 0 spiro atoms. The Labute approximate surface area is 230 Å². The average Bonchev–Trinajstić information content (AvgIpc) is 2.33. The smallest absolute Gasteiger partial charge is 0.0319 e. The molecule has 4 unspecified atom stereocenters. The number of hydrogen-bond donors (Lipinski definition) is 2. The molecule has 148 valence electrons. The second-order valence-corrected chi connectivity index (χ2v) is 0. The van der Waals surface area contributed by atoms with Crippen LogP contribution in [-0.2, 0) is 103 Å². The van der Waals surface area contributed by atoms with E-state index in [9.17, 15) is 0 Å². The van der Waals surface area contributed by atoms with Crippen molar-refractivity contribution < 1.29 is 125 Å². The zero-order chi connectivity index (χ0) is 12.0. The van der Waals surface area contributed by atoms with Crippen molar-refractivity contribution in [1.82, 2.24) is 0 Å². The van der Waals surface area contributed by atoms with Crippen LogP contribution in [0.2, 0.25) is 0 Å². The first-order chi connectivity index (χ1) is 6.00. The molecule has 6 N–H and O–H groups in total. The molecule has 0 radical (unpaired) electrons. The van der Waals surface area contributed by atoms with E-state index < -0.39 is 0 Å². The van der Waals surface area contributed by atoms with Crippen LogP contribution in [0.5, 0.6) is 0 Å². The van der Waals surface area contributed by atoms with Gasteiger partial charge in [0.05, 0.1) is 0 Å². The minimum absolute atomic E-state index is 0. The number of aliphatic hydroxyl groups is 2. The van der Waals surface area contributed by atoms with Gasteiger partial charge in [-0.2, -0.15) is 53.4 Å². The largest absolute Gasteiger partial charge is 0.412 e. The van der Waals surface area contributed by atoms with Gasteiger partial charge in [0.1, 0.15) is 0 Å². The van der Waals surface area contributed by atoms with Gasteiger partial charge in [-0.15, -0.1) is 0 Å². The Hall–Kier alpha value is 5.04. The van der Waals surface area contributed by atoms with Gasteiger partial charge >= 0.3 is 0 Å². The van der Waals surface area contributed by atoms with Crippen LogP contribution in [0.4, 0.5) is 0 Å². The number of hydrogen-bond acceptors (Lipinski definition) is 2. The molecule has 0 bridgehead atoms. The zero-order valence-electron chi connectivity index (χ0n) is 16.1. The summed E-state index contributed by atoms with van der Waals surface area (Å²) in [6, 6.07) is 0. The van der Waals surface area contributed by atoms with Crippen molar-refractivity contribution in [2.45, 2.75) is 41.5 Å². The summed E-state index contributed by atoms with van der Waals surface area (Å²) in [6.07, 6.45) is 0. The Balaban J connectivity index is -0.00000000129. The summed E-state index contributed by atoms with van der Waals surface area (Å²) in [6.45, 7) is 18.0. The van der Waals surface area contributed by atoms with E-state index in [1.54, 1.807) is 13.8 Å². The number of aliphatic hydroxyl groups excluding tert-OH is 2. The minimum Gasteiger partial charge on any atom is -0.412 e. The standard InChI is InChI=1S/2C2H6.2C2H5.2CH4O.4Hf.2H2O.4H3P/c6*1-2;;;;;;;;;;/h2*1-2H3;2*1H2,2H3;2*2H,1H3;;;;;2*1H2;4*1H3/q;;2*-1;;;;;;;;;;;;. The van der Waals surface area contributed by atoms with Crippen molar-refractivity contribution in [3.05, 3.63) is 13.8 Å². The second kappa shape index (κ2) is 643. The van der Waals surface area contributed by atoms with Crippen LogP contribution >= 0.6 is 39.6 Å². The summed E-state index contributed by atoms with van der Waals surface area (Å²) in [7, 11) is 2.00.